The number of nitrogens with zero attached hydrogens (tertiary/aromatic N) is 3. The first-order valence-electron chi connectivity index (χ1n) is 7.39. The summed E-state index contributed by atoms with van der Waals surface area (Å²) in [6.45, 7) is 2.90. The number of carbonyl (C=O) groups is 1. The summed E-state index contributed by atoms with van der Waals surface area (Å²) in [5.41, 5.74) is 0.848. The number of hydrogen-bond acceptors (Lipinski definition) is 3. The molecule has 1 fully saturated rings. The Morgan fingerprint density at radius 2 is 1.68 bits per heavy atom. The van der Waals surface area contributed by atoms with E-state index >= 15 is 0 Å². The van der Waals surface area contributed by atoms with Gasteiger partial charge in [0.15, 0.2) is 0 Å². The Hall–Kier alpha value is -2.07. The summed E-state index contributed by atoms with van der Waals surface area (Å²) in [4.78, 5) is 20.9. The maximum atomic E-state index is 12.5. The molecule has 1 aliphatic rings. The molecule has 114 valence electrons. The molecule has 22 heavy (non-hydrogen) atoms. The Bertz CT molecular complexity index is 612. The van der Waals surface area contributed by atoms with Crippen LogP contribution in [0.5, 0.6) is 0 Å². The maximum Gasteiger partial charge on any atom is 0.245 e. The minimum atomic E-state index is -0.609. The number of rotatable bonds is 3. The highest BCUT2D eigenvalue weighted by Crippen LogP contribution is 2.24. The van der Waals surface area contributed by atoms with Crippen LogP contribution < -0.4 is 4.90 Å². The smallest absolute Gasteiger partial charge is 0.245 e. The van der Waals surface area contributed by atoms with Crippen LogP contribution in [0, 0.1) is 0 Å². The maximum absolute atomic E-state index is 12.5. The van der Waals surface area contributed by atoms with Gasteiger partial charge in [0.25, 0.3) is 0 Å². The second-order valence-corrected chi connectivity index (χ2v) is 5.71. The van der Waals surface area contributed by atoms with E-state index in [-0.39, 0.29) is 5.91 Å². The summed E-state index contributed by atoms with van der Waals surface area (Å²) in [6.07, 6.45) is 1.79. The molecule has 4 nitrogen and oxygen atoms in total. The molecule has 0 N–H and O–H groups in total. The van der Waals surface area contributed by atoms with E-state index in [1.807, 2.05) is 53.4 Å². The average Bonchev–Trinajstić information content (AvgIpc) is 2.62. The van der Waals surface area contributed by atoms with E-state index in [0.29, 0.717) is 13.1 Å². The van der Waals surface area contributed by atoms with Crippen LogP contribution in [0.4, 0.5) is 5.82 Å². The highest BCUT2D eigenvalue weighted by molar-refractivity contribution is 6.30. The van der Waals surface area contributed by atoms with Gasteiger partial charge in [0.05, 0.1) is 0 Å². The Morgan fingerprint density at radius 1 is 1.00 bits per heavy atom. The molecule has 1 atom stereocenters. The molecule has 1 aromatic heterocycles. The highest BCUT2D eigenvalue weighted by atomic mass is 35.5. The number of halogens is 1. The third-order valence-corrected chi connectivity index (χ3v) is 4.31. The molecule has 0 bridgehead atoms. The molecular weight excluding hydrogens is 298 g/mol. The molecule has 5 heteroatoms. The van der Waals surface area contributed by atoms with Gasteiger partial charge in [0.2, 0.25) is 5.91 Å². The monoisotopic (exact) mass is 315 g/mol. The second kappa shape index (κ2) is 6.79. The van der Waals surface area contributed by atoms with E-state index in [9.17, 15) is 4.79 Å². The molecule has 1 saturated heterocycles. The number of anilines is 1. The zero-order valence-electron chi connectivity index (χ0n) is 12.2. The second-order valence-electron chi connectivity index (χ2n) is 5.27. The minimum absolute atomic E-state index is 0.0199. The zero-order valence-corrected chi connectivity index (χ0v) is 13.0. The molecule has 1 unspecified atom stereocenters. The predicted molar refractivity (Wildman–Crippen MR) is 88.1 cm³/mol. The van der Waals surface area contributed by atoms with Gasteiger partial charge in [0, 0.05) is 32.4 Å². The molecule has 1 aromatic carbocycles. The minimum Gasteiger partial charge on any atom is -0.353 e. The number of alkyl halides is 1. The van der Waals surface area contributed by atoms with Gasteiger partial charge in [-0.15, -0.1) is 11.6 Å². The van der Waals surface area contributed by atoms with Crippen LogP contribution in [0.2, 0.25) is 0 Å². The summed E-state index contributed by atoms with van der Waals surface area (Å²) in [7, 11) is 0. The van der Waals surface area contributed by atoms with Crippen LogP contribution in [-0.2, 0) is 4.79 Å². The van der Waals surface area contributed by atoms with Crippen LogP contribution in [0.15, 0.2) is 54.7 Å². The molecular formula is C17H18ClN3O. The van der Waals surface area contributed by atoms with E-state index in [1.165, 1.54) is 0 Å². The standard InChI is InChI=1S/C17H18ClN3O/c18-16(14-6-2-1-3-7-14)17(22)21-12-10-20(11-13-21)15-8-4-5-9-19-15/h1-9,16H,10-13H2. The van der Waals surface area contributed by atoms with Crippen molar-refractivity contribution < 1.29 is 4.79 Å². The van der Waals surface area contributed by atoms with Gasteiger partial charge in [-0.1, -0.05) is 36.4 Å². The summed E-state index contributed by atoms with van der Waals surface area (Å²) < 4.78 is 0. The van der Waals surface area contributed by atoms with Crippen molar-refractivity contribution in [2.24, 2.45) is 0 Å². The molecule has 0 aliphatic carbocycles. The Balaban J connectivity index is 1.60. The molecule has 2 heterocycles. The lowest BCUT2D eigenvalue weighted by Gasteiger charge is -2.36. The van der Waals surface area contributed by atoms with Gasteiger partial charge in [-0.05, 0) is 17.7 Å². The van der Waals surface area contributed by atoms with Crippen molar-refractivity contribution >= 4 is 23.3 Å². The predicted octanol–water partition coefficient (Wildman–Crippen LogP) is 2.71. The number of amides is 1. The number of hydrogen-bond donors (Lipinski definition) is 0. The molecule has 0 saturated carbocycles. The Labute approximate surface area is 135 Å². The first-order valence-corrected chi connectivity index (χ1v) is 7.83. The Kier molecular flexibility index (Phi) is 4.59. The fraction of sp³-hybridized carbons (Fsp3) is 0.294. The molecule has 1 aliphatic heterocycles. The van der Waals surface area contributed by atoms with Crippen LogP contribution >= 0.6 is 11.6 Å². The van der Waals surface area contributed by atoms with Crippen molar-refractivity contribution in [1.82, 2.24) is 9.88 Å². The van der Waals surface area contributed by atoms with E-state index in [4.69, 9.17) is 11.6 Å². The van der Waals surface area contributed by atoms with E-state index < -0.39 is 5.38 Å². The number of pyridine rings is 1. The average molecular weight is 316 g/mol. The number of benzene rings is 1. The fourth-order valence-corrected chi connectivity index (χ4v) is 2.91. The normalized spacial score (nSPS) is 16.4. The highest BCUT2D eigenvalue weighted by Gasteiger charge is 2.27. The van der Waals surface area contributed by atoms with E-state index in [0.717, 1.165) is 24.5 Å². The molecule has 1 amide bonds. The quantitative estimate of drug-likeness (QED) is 0.817. The van der Waals surface area contributed by atoms with Crippen molar-refractivity contribution in [3.63, 3.8) is 0 Å². The topological polar surface area (TPSA) is 36.4 Å². The molecule has 3 rings (SSSR count). The lowest BCUT2D eigenvalue weighted by molar-refractivity contribution is -0.131. The zero-order chi connectivity index (χ0) is 15.4. The van der Waals surface area contributed by atoms with E-state index in [1.54, 1.807) is 6.20 Å². The van der Waals surface area contributed by atoms with Crippen LogP contribution in [-0.4, -0.2) is 42.0 Å². The van der Waals surface area contributed by atoms with Crippen LogP contribution in [0.25, 0.3) is 0 Å². The first kappa shape index (κ1) is 14.9. The van der Waals surface area contributed by atoms with E-state index in [2.05, 4.69) is 9.88 Å². The lowest BCUT2D eigenvalue weighted by atomic mass is 10.1. The SMILES string of the molecule is O=C(C(Cl)c1ccccc1)N1CCN(c2ccccn2)CC1. The molecule has 0 spiro atoms. The third kappa shape index (κ3) is 3.22. The van der Waals surface area contributed by atoms with Gasteiger partial charge in [-0.2, -0.15) is 0 Å². The summed E-state index contributed by atoms with van der Waals surface area (Å²) in [6, 6.07) is 15.4. The van der Waals surface area contributed by atoms with Crippen molar-refractivity contribution in [3.8, 4) is 0 Å². The van der Waals surface area contributed by atoms with Crippen molar-refractivity contribution in [2.75, 3.05) is 31.1 Å². The third-order valence-electron chi connectivity index (χ3n) is 3.87. The Morgan fingerprint density at radius 3 is 2.32 bits per heavy atom. The molecule has 2 aromatic rings. The van der Waals surface area contributed by atoms with Gasteiger partial charge in [-0.3, -0.25) is 4.79 Å². The van der Waals surface area contributed by atoms with Gasteiger partial charge < -0.3 is 9.80 Å². The number of piperazine rings is 1. The summed E-state index contributed by atoms with van der Waals surface area (Å²) >= 11 is 6.33. The first-order chi connectivity index (χ1) is 10.8. The summed E-state index contributed by atoms with van der Waals surface area (Å²) in [5, 5.41) is -0.609. The lowest BCUT2D eigenvalue weighted by Crippen LogP contribution is -2.49. The fourth-order valence-electron chi connectivity index (χ4n) is 2.62. The van der Waals surface area contributed by atoms with Gasteiger partial charge in [-0.25, -0.2) is 4.98 Å². The van der Waals surface area contributed by atoms with Gasteiger partial charge in [0.1, 0.15) is 11.2 Å². The van der Waals surface area contributed by atoms with Crippen molar-refractivity contribution in [2.45, 2.75) is 5.38 Å². The number of aromatic nitrogens is 1. The van der Waals surface area contributed by atoms with Gasteiger partial charge >= 0.3 is 0 Å². The molecule has 0 radical (unpaired) electrons. The summed E-state index contributed by atoms with van der Waals surface area (Å²) in [5.74, 6) is 0.939. The van der Waals surface area contributed by atoms with Crippen LogP contribution in [0.3, 0.4) is 0 Å². The van der Waals surface area contributed by atoms with Crippen molar-refractivity contribution in [1.29, 1.82) is 0 Å². The van der Waals surface area contributed by atoms with Crippen molar-refractivity contribution in [3.05, 3.63) is 60.3 Å². The largest absolute Gasteiger partial charge is 0.353 e. The van der Waals surface area contributed by atoms with Crippen LogP contribution in [0.1, 0.15) is 10.9 Å². The number of carbonyl (C=O) groups excluding carboxylic acids is 1.